The fourth-order valence-corrected chi connectivity index (χ4v) is 3.81. The third kappa shape index (κ3) is 1.78. The number of nitrogens with zero attached hydrogens (tertiary/aromatic N) is 2. The average molecular weight is 224 g/mol. The van der Waals surface area contributed by atoms with Crippen molar-refractivity contribution in [2.45, 2.75) is 37.8 Å². The monoisotopic (exact) mass is 224 g/mol. The molecular weight excluding hydrogens is 200 g/mol. The van der Waals surface area contributed by atoms with E-state index in [1.165, 1.54) is 38.8 Å². The first-order valence-electron chi connectivity index (χ1n) is 6.61. The van der Waals surface area contributed by atoms with Crippen molar-refractivity contribution in [1.29, 1.82) is 0 Å². The summed E-state index contributed by atoms with van der Waals surface area (Å²) in [5.41, 5.74) is 0.612. The first-order chi connectivity index (χ1) is 7.69. The van der Waals surface area contributed by atoms with E-state index < -0.39 is 0 Å². The second kappa shape index (κ2) is 3.95. The van der Waals surface area contributed by atoms with E-state index in [0.29, 0.717) is 5.41 Å². The zero-order valence-electron chi connectivity index (χ0n) is 10.3. The molecule has 0 aromatic rings. The lowest BCUT2D eigenvalue weighted by Crippen LogP contribution is -2.68. The molecule has 1 saturated carbocycles. The van der Waals surface area contributed by atoms with Crippen LogP contribution in [-0.2, 0) is 0 Å². The SMILES string of the molecule is CN(C1CCNCC1)C1CC2(C1)CN(N)C2. The molecule has 92 valence electrons. The van der Waals surface area contributed by atoms with Crippen molar-refractivity contribution in [3.63, 3.8) is 0 Å². The van der Waals surface area contributed by atoms with E-state index in [-0.39, 0.29) is 0 Å². The molecule has 0 aromatic carbocycles. The Morgan fingerprint density at radius 1 is 1.19 bits per heavy atom. The Kier molecular flexibility index (Phi) is 2.70. The number of hydrogen-bond donors (Lipinski definition) is 2. The molecule has 3 aliphatic rings. The van der Waals surface area contributed by atoms with Gasteiger partial charge in [-0.2, -0.15) is 0 Å². The van der Waals surface area contributed by atoms with Crippen LogP contribution in [0, 0.1) is 5.41 Å². The summed E-state index contributed by atoms with van der Waals surface area (Å²) in [5, 5.41) is 5.40. The summed E-state index contributed by atoms with van der Waals surface area (Å²) in [7, 11) is 2.33. The van der Waals surface area contributed by atoms with Gasteiger partial charge in [0, 0.05) is 30.6 Å². The summed E-state index contributed by atoms with van der Waals surface area (Å²) in [6, 6.07) is 1.65. The molecule has 3 rings (SSSR count). The second-order valence-corrected chi connectivity index (χ2v) is 6.11. The summed E-state index contributed by atoms with van der Waals surface area (Å²) in [5.74, 6) is 5.74. The van der Waals surface area contributed by atoms with Crippen LogP contribution in [0.2, 0.25) is 0 Å². The molecular formula is C12H24N4. The number of piperidine rings is 1. The van der Waals surface area contributed by atoms with Gasteiger partial charge in [0.15, 0.2) is 0 Å². The van der Waals surface area contributed by atoms with Crippen molar-refractivity contribution in [2.24, 2.45) is 11.3 Å². The minimum atomic E-state index is 0.612. The number of rotatable bonds is 2. The Balaban J connectivity index is 1.48. The van der Waals surface area contributed by atoms with Gasteiger partial charge in [-0.1, -0.05) is 0 Å². The van der Waals surface area contributed by atoms with Crippen LogP contribution in [0.3, 0.4) is 0 Å². The third-order valence-corrected chi connectivity index (χ3v) is 4.87. The van der Waals surface area contributed by atoms with E-state index in [1.807, 2.05) is 5.01 Å². The number of nitrogens with two attached hydrogens (primary N) is 1. The molecule has 2 saturated heterocycles. The van der Waals surface area contributed by atoms with Gasteiger partial charge in [-0.05, 0) is 45.8 Å². The Labute approximate surface area is 98.1 Å². The summed E-state index contributed by atoms with van der Waals surface area (Å²) in [6.45, 7) is 4.65. The van der Waals surface area contributed by atoms with Gasteiger partial charge in [-0.3, -0.25) is 5.84 Å². The first kappa shape index (κ1) is 11.0. The maximum absolute atomic E-state index is 5.74. The molecule has 2 heterocycles. The molecule has 0 aromatic heterocycles. The van der Waals surface area contributed by atoms with E-state index in [4.69, 9.17) is 5.84 Å². The Bertz CT molecular complexity index is 248. The van der Waals surface area contributed by atoms with Crippen LogP contribution >= 0.6 is 0 Å². The van der Waals surface area contributed by atoms with E-state index >= 15 is 0 Å². The molecule has 0 atom stereocenters. The lowest BCUT2D eigenvalue weighted by atomic mass is 9.60. The Hall–Kier alpha value is -0.160. The van der Waals surface area contributed by atoms with Gasteiger partial charge in [-0.15, -0.1) is 0 Å². The van der Waals surface area contributed by atoms with Gasteiger partial charge in [0.1, 0.15) is 0 Å². The molecule has 1 aliphatic carbocycles. The van der Waals surface area contributed by atoms with Gasteiger partial charge in [0.2, 0.25) is 0 Å². The molecule has 3 N–H and O–H groups in total. The largest absolute Gasteiger partial charge is 0.317 e. The highest BCUT2D eigenvalue weighted by Crippen LogP contribution is 2.49. The van der Waals surface area contributed by atoms with Crippen LogP contribution in [0.4, 0.5) is 0 Å². The number of hydrazine groups is 1. The molecule has 4 heteroatoms. The zero-order chi connectivity index (χ0) is 11.2. The molecule has 0 unspecified atom stereocenters. The van der Waals surface area contributed by atoms with Crippen LogP contribution < -0.4 is 11.2 Å². The van der Waals surface area contributed by atoms with Crippen molar-refractivity contribution in [2.75, 3.05) is 33.2 Å². The number of nitrogens with one attached hydrogen (secondary N) is 1. The highest BCUT2D eigenvalue weighted by Gasteiger charge is 2.53. The maximum atomic E-state index is 5.74. The molecule has 0 radical (unpaired) electrons. The van der Waals surface area contributed by atoms with Crippen molar-refractivity contribution >= 4 is 0 Å². The van der Waals surface area contributed by atoms with E-state index in [9.17, 15) is 0 Å². The first-order valence-corrected chi connectivity index (χ1v) is 6.61. The molecule has 0 bridgehead atoms. The van der Waals surface area contributed by atoms with Crippen molar-refractivity contribution in [1.82, 2.24) is 15.2 Å². The van der Waals surface area contributed by atoms with Crippen LogP contribution in [0.5, 0.6) is 0 Å². The summed E-state index contributed by atoms with van der Waals surface area (Å²) < 4.78 is 0. The van der Waals surface area contributed by atoms with Gasteiger partial charge in [0.25, 0.3) is 0 Å². The number of hydrogen-bond acceptors (Lipinski definition) is 4. The predicted octanol–water partition coefficient (Wildman–Crippen LogP) is 0.00830. The maximum Gasteiger partial charge on any atom is 0.0199 e. The van der Waals surface area contributed by atoms with Crippen molar-refractivity contribution in [3.05, 3.63) is 0 Å². The average Bonchev–Trinajstić information content (AvgIpc) is 2.22. The smallest absolute Gasteiger partial charge is 0.0199 e. The second-order valence-electron chi connectivity index (χ2n) is 6.11. The molecule has 0 amide bonds. The molecule has 1 spiro atoms. The lowest BCUT2D eigenvalue weighted by Gasteiger charge is -2.60. The summed E-state index contributed by atoms with van der Waals surface area (Å²) >= 11 is 0. The highest BCUT2D eigenvalue weighted by molar-refractivity contribution is 5.06. The van der Waals surface area contributed by atoms with Gasteiger partial charge < -0.3 is 10.2 Å². The minimum absolute atomic E-state index is 0.612. The summed E-state index contributed by atoms with van der Waals surface area (Å²) in [6.07, 6.45) is 5.40. The van der Waals surface area contributed by atoms with Gasteiger partial charge in [0.05, 0.1) is 0 Å². The van der Waals surface area contributed by atoms with Crippen molar-refractivity contribution in [3.8, 4) is 0 Å². The zero-order valence-corrected chi connectivity index (χ0v) is 10.3. The standard InChI is InChI=1S/C12H24N4/c1-15(10-2-4-14-5-3-10)11-6-12(7-11)8-16(13)9-12/h10-11,14H,2-9,13H2,1H3. The molecule has 3 fully saturated rings. The molecule has 4 nitrogen and oxygen atoms in total. The molecule has 16 heavy (non-hydrogen) atoms. The fourth-order valence-electron chi connectivity index (χ4n) is 3.81. The quantitative estimate of drug-likeness (QED) is 0.649. The minimum Gasteiger partial charge on any atom is -0.317 e. The highest BCUT2D eigenvalue weighted by atomic mass is 15.5. The van der Waals surface area contributed by atoms with Crippen LogP contribution in [0.1, 0.15) is 25.7 Å². The third-order valence-electron chi connectivity index (χ3n) is 4.87. The topological polar surface area (TPSA) is 44.5 Å². The predicted molar refractivity (Wildman–Crippen MR) is 64.9 cm³/mol. The lowest BCUT2D eigenvalue weighted by molar-refractivity contribution is -0.113. The fraction of sp³-hybridized carbons (Fsp3) is 1.00. The van der Waals surface area contributed by atoms with E-state index in [1.54, 1.807) is 0 Å². The van der Waals surface area contributed by atoms with Gasteiger partial charge in [-0.25, -0.2) is 5.01 Å². The van der Waals surface area contributed by atoms with Crippen LogP contribution in [-0.4, -0.2) is 55.2 Å². The van der Waals surface area contributed by atoms with Gasteiger partial charge >= 0.3 is 0 Å². The Morgan fingerprint density at radius 3 is 2.38 bits per heavy atom. The van der Waals surface area contributed by atoms with E-state index in [0.717, 1.165) is 25.2 Å². The van der Waals surface area contributed by atoms with Crippen molar-refractivity contribution < 1.29 is 0 Å². The summed E-state index contributed by atoms with van der Waals surface area (Å²) in [4.78, 5) is 2.64. The Morgan fingerprint density at radius 2 is 1.81 bits per heavy atom. The normalized spacial score (nSPS) is 31.7. The van der Waals surface area contributed by atoms with E-state index in [2.05, 4.69) is 17.3 Å². The van der Waals surface area contributed by atoms with Crippen LogP contribution in [0.15, 0.2) is 0 Å². The molecule has 2 aliphatic heterocycles. The van der Waals surface area contributed by atoms with Crippen LogP contribution in [0.25, 0.3) is 0 Å².